The lowest BCUT2D eigenvalue weighted by Crippen LogP contribution is -2.19. The monoisotopic (exact) mass is 829 g/mol. The van der Waals surface area contributed by atoms with Gasteiger partial charge in [0.05, 0.1) is 19.6 Å². The summed E-state index contributed by atoms with van der Waals surface area (Å²) in [5.74, 6) is 9.93. The maximum atomic E-state index is 4.13. The van der Waals surface area contributed by atoms with Crippen LogP contribution in [0.15, 0.2) is 45.8 Å². The minimum Gasteiger partial charge on any atom is -0.308 e. The van der Waals surface area contributed by atoms with Crippen LogP contribution in [0.25, 0.3) is 0 Å². The predicted molar refractivity (Wildman–Crippen MR) is 223 cm³/mol. The molecule has 52 heavy (non-hydrogen) atoms. The Kier molecular flexibility index (Phi) is 24.0. The number of nitrogens with zero attached hydrogens (tertiary/aromatic N) is 15. The molecule has 0 saturated carbocycles. The molecule has 3 aromatic heterocycles. The molecule has 0 spiro atoms. The van der Waals surface area contributed by atoms with Crippen molar-refractivity contribution in [2.24, 2.45) is 0 Å². The summed E-state index contributed by atoms with van der Waals surface area (Å²) in [6.45, 7) is 5.32. The van der Waals surface area contributed by atoms with E-state index >= 15 is 0 Å². The van der Waals surface area contributed by atoms with Gasteiger partial charge in [-0.25, -0.2) is 14.0 Å². The van der Waals surface area contributed by atoms with Crippen LogP contribution in [0.5, 0.6) is 0 Å². The topological polar surface area (TPSA) is 141 Å². The maximum absolute atomic E-state index is 4.13. The second-order valence-corrected chi connectivity index (χ2v) is 18.9. The zero-order valence-electron chi connectivity index (χ0n) is 31.4. The van der Waals surface area contributed by atoms with Crippen molar-refractivity contribution in [2.45, 2.75) is 47.3 Å². The lowest BCUT2D eigenvalue weighted by atomic mass is 10.2. The fraction of sp³-hybridized carbons (Fsp3) is 0.710. The number of rotatable bonds is 27. The molecule has 0 fully saturated rings. The van der Waals surface area contributed by atoms with E-state index < -0.39 is 0 Å². The highest BCUT2D eigenvalue weighted by Gasteiger charge is 2.09. The number of tetrazole rings is 3. The van der Waals surface area contributed by atoms with Crippen LogP contribution in [0.1, 0.15) is 12.0 Å². The molecule has 0 aliphatic carbocycles. The molecule has 3 heterocycles. The number of likely N-dealkylation sites (N-methyl/N-ethyl adjacent to an activating group) is 3. The molecule has 4 aromatic rings. The van der Waals surface area contributed by atoms with Gasteiger partial charge in [-0.1, -0.05) is 65.6 Å². The lowest BCUT2D eigenvalue weighted by molar-refractivity contribution is 0.361. The Bertz CT molecular complexity index is 1380. The molecule has 0 unspecified atom stereocenters. The fourth-order valence-electron chi connectivity index (χ4n) is 4.01. The summed E-state index contributed by atoms with van der Waals surface area (Å²) in [6, 6.07) is 10.6. The Morgan fingerprint density at radius 3 is 1.25 bits per heavy atom. The summed E-state index contributed by atoms with van der Waals surface area (Å²) in [5, 5.41) is 38.6. The number of hydrogen-bond acceptors (Lipinski definition) is 18. The number of hydrogen-bond donors (Lipinski definition) is 0. The van der Waals surface area contributed by atoms with Gasteiger partial charge in [0.1, 0.15) is 0 Å². The Labute approximate surface area is 335 Å². The summed E-state index contributed by atoms with van der Waals surface area (Å²) in [6.07, 6.45) is 1.24. The molecule has 0 radical (unpaired) electrons. The normalized spacial score (nSPS) is 11.6. The van der Waals surface area contributed by atoms with Crippen molar-refractivity contribution in [2.75, 3.05) is 108 Å². The van der Waals surface area contributed by atoms with Crippen LogP contribution in [-0.2, 0) is 25.4 Å². The van der Waals surface area contributed by atoms with Gasteiger partial charge < -0.3 is 14.7 Å². The van der Waals surface area contributed by atoms with Gasteiger partial charge in [-0.2, -0.15) is 35.3 Å². The molecule has 0 saturated heterocycles. The first kappa shape index (κ1) is 44.8. The number of thioether (sulfide) groups is 6. The molecule has 0 atom stereocenters. The molecular weight excluding hydrogens is 775 g/mol. The molecule has 4 rings (SSSR count). The maximum Gasteiger partial charge on any atom is 0.209 e. The third-order valence-electron chi connectivity index (χ3n) is 6.84. The zero-order valence-corrected chi connectivity index (χ0v) is 36.3. The third kappa shape index (κ3) is 20.2. The minimum atomic E-state index is 0.829. The van der Waals surface area contributed by atoms with Crippen LogP contribution in [0, 0.1) is 0 Å². The third-order valence-corrected chi connectivity index (χ3v) is 13.7. The van der Waals surface area contributed by atoms with Gasteiger partial charge in [0.2, 0.25) is 15.5 Å². The van der Waals surface area contributed by atoms with E-state index in [-0.39, 0.29) is 0 Å². The van der Waals surface area contributed by atoms with Crippen molar-refractivity contribution in [3.05, 3.63) is 35.9 Å². The van der Waals surface area contributed by atoms with E-state index in [4.69, 9.17) is 0 Å². The van der Waals surface area contributed by atoms with Gasteiger partial charge in [-0.3, -0.25) is 0 Å². The molecule has 290 valence electrons. The van der Waals surface area contributed by atoms with Crippen molar-refractivity contribution in [3.8, 4) is 0 Å². The van der Waals surface area contributed by atoms with E-state index in [1.807, 2.05) is 49.3 Å². The number of aromatic nitrogens is 12. The van der Waals surface area contributed by atoms with E-state index in [9.17, 15) is 0 Å². The SMILES string of the molecule is CN(C)CCn1nnnc1SCCSCCCSCCSc1nnnn1CCN(C)C.CN(C)CCn1nnnc1SCCSCc1ccccc1. The molecule has 1 aromatic carbocycles. The fourth-order valence-corrected chi connectivity index (χ4v) is 9.95. The number of benzene rings is 1. The van der Waals surface area contributed by atoms with Crippen LogP contribution in [0.4, 0.5) is 0 Å². The van der Waals surface area contributed by atoms with Gasteiger partial charge in [-0.05, 0) is 97.1 Å². The van der Waals surface area contributed by atoms with Crippen molar-refractivity contribution in [3.63, 3.8) is 0 Å². The van der Waals surface area contributed by atoms with E-state index in [1.54, 1.807) is 35.3 Å². The van der Waals surface area contributed by atoms with Crippen molar-refractivity contribution in [1.82, 2.24) is 75.3 Å². The molecule has 21 heteroatoms. The van der Waals surface area contributed by atoms with E-state index in [1.165, 1.54) is 23.5 Å². The van der Waals surface area contributed by atoms with Gasteiger partial charge in [0, 0.05) is 59.9 Å². The molecule has 0 aliphatic heterocycles. The summed E-state index contributed by atoms with van der Waals surface area (Å²) < 4.78 is 5.67. The van der Waals surface area contributed by atoms with Crippen LogP contribution in [0.3, 0.4) is 0 Å². The van der Waals surface area contributed by atoms with Crippen LogP contribution >= 0.6 is 70.6 Å². The molecule has 0 bridgehead atoms. The van der Waals surface area contributed by atoms with Crippen LogP contribution < -0.4 is 0 Å². The van der Waals surface area contributed by atoms with Gasteiger partial charge >= 0.3 is 0 Å². The predicted octanol–water partition coefficient (Wildman–Crippen LogP) is 3.78. The highest BCUT2D eigenvalue weighted by atomic mass is 32.2. The summed E-state index contributed by atoms with van der Waals surface area (Å²) in [4.78, 5) is 6.41. The molecule has 0 N–H and O–H groups in total. The van der Waals surface area contributed by atoms with Gasteiger partial charge in [0.25, 0.3) is 0 Å². The Hall–Kier alpha value is -1.59. The molecule has 0 amide bonds. The highest BCUT2D eigenvalue weighted by Crippen LogP contribution is 2.20. The van der Waals surface area contributed by atoms with E-state index in [0.717, 1.165) is 95.0 Å². The van der Waals surface area contributed by atoms with Crippen molar-refractivity contribution in [1.29, 1.82) is 0 Å². The quantitative estimate of drug-likeness (QED) is 0.0636. The second kappa shape index (κ2) is 27.9. The summed E-state index contributed by atoms with van der Waals surface area (Å²) in [5.41, 5.74) is 1.38. The van der Waals surface area contributed by atoms with Gasteiger partial charge in [0.15, 0.2) is 0 Å². The average Bonchev–Trinajstić information content (AvgIpc) is 3.90. The standard InChI is InChI=1S/C17H34N10S4.C14H21N5S2/c1-24(2)6-8-26-16(18-20-22-26)30-14-12-28-10-5-11-29-13-15-31-17-19-21-23-27(17)9-7-25(3)4;1-18(2)8-9-19-14(15-16-17-19)21-11-10-20-12-13-6-4-3-5-7-13/h5-15H2,1-4H3;3-7H,8-12H2,1-2H3. The Balaban J connectivity index is 0.000000302. The largest absolute Gasteiger partial charge is 0.308 e. The highest BCUT2D eigenvalue weighted by molar-refractivity contribution is 8.03. The van der Waals surface area contributed by atoms with Crippen molar-refractivity contribution < 1.29 is 0 Å². The average molecular weight is 830 g/mol. The van der Waals surface area contributed by atoms with Crippen molar-refractivity contribution >= 4 is 70.6 Å². The zero-order chi connectivity index (χ0) is 37.2. The molecular formula is C31H55N15S6. The Morgan fingerprint density at radius 2 is 0.865 bits per heavy atom. The van der Waals surface area contributed by atoms with Crippen LogP contribution in [-0.4, -0.2) is 183 Å². The second-order valence-electron chi connectivity index (χ2n) is 12.1. The first-order valence-electron chi connectivity index (χ1n) is 17.2. The summed E-state index contributed by atoms with van der Waals surface area (Å²) >= 11 is 11.2. The molecule has 0 aliphatic rings. The first-order chi connectivity index (χ1) is 25.3. The first-order valence-corrected chi connectivity index (χ1v) is 23.6. The summed E-state index contributed by atoms with van der Waals surface area (Å²) in [7, 11) is 12.3. The Morgan fingerprint density at radius 1 is 0.481 bits per heavy atom. The minimum absolute atomic E-state index is 0.829. The lowest BCUT2D eigenvalue weighted by Gasteiger charge is -2.09. The molecule has 15 nitrogen and oxygen atoms in total. The smallest absolute Gasteiger partial charge is 0.209 e. The van der Waals surface area contributed by atoms with E-state index in [0.29, 0.717) is 0 Å². The van der Waals surface area contributed by atoms with Crippen LogP contribution in [0.2, 0.25) is 0 Å². The van der Waals surface area contributed by atoms with Gasteiger partial charge in [-0.15, -0.1) is 15.3 Å². The van der Waals surface area contributed by atoms with E-state index in [2.05, 4.69) is 134 Å².